The topological polar surface area (TPSA) is 65.7 Å². The maximum absolute atomic E-state index is 12.6. The minimum Gasteiger partial charge on any atom is -0.493 e. The summed E-state index contributed by atoms with van der Waals surface area (Å²) in [4.78, 5) is 17.6. The molecule has 6 nitrogen and oxygen atoms in total. The van der Waals surface area contributed by atoms with Crippen molar-refractivity contribution in [2.45, 2.75) is 0 Å². The number of benzene rings is 2. The van der Waals surface area contributed by atoms with Crippen LogP contribution in [0.3, 0.4) is 0 Å². The number of rotatable bonds is 5. The Morgan fingerprint density at radius 2 is 1.86 bits per heavy atom. The zero-order valence-corrected chi connectivity index (χ0v) is 17.2. The van der Waals surface area contributed by atoms with Crippen LogP contribution >= 0.6 is 22.9 Å². The maximum Gasteiger partial charge on any atom is 0.291 e. The molecule has 0 fully saturated rings. The Bertz CT molecular complexity index is 1330. The van der Waals surface area contributed by atoms with E-state index in [-0.39, 0.29) is 5.56 Å². The van der Waals surface area contributed by atoms with Crippen molar-refractivity contribution in [3.05, 3.63) is 79.3 Å². The van der Waals surface area contributed by atoms with E-state index in [2.05, 4.69) is 10.1 Å². The highest BCUT2D eigenvalue weighted by atomic mass is 35.5. The Hall–Kier alpha value is -3.16. The molecule has 0 aliphatic heterocycles. The summed E-state index contributed by atoms with van der Waals surface area (Å²) in [6.45, 7) is 0. The Balaban J connectivity index is 1.65. The van der Waals surface area contributed by atoms with Crippen LogP contribution in [0.5, 0.6) is 11.5 Å². The minimum atomic E-state index is -0.219. The molecule has 8 heteroatoms. The van der Waals surface area contributed by atoms with Gasteiger partial charge in [0.1, 0.15) is 0 Å². The first-order valence-corrected chi connectivity index (χ1v) is 9.84. The molecule has 2 heterocycles. The number of nitrogens with zero attached hydrogens (tertiary/aromatic N) is 3. The zero-order chi connectivity index (χ0) is 20.4. The summed E-state index contributed by atoms with van der Waals surface area (Å²) >= 11 is 7.44. The second-order valence-electron chi connectivity index (χ2n) is 6.05. The van der Waals surface area contributed by atoms with Gasteiger partial charge in [-0.2, -0.15) is 9.50 Å². The largest absolute Gasteiger partial charge is 0.493 e. The summed E-state index contributed by atoms with van der Waals surface area (Å²) in [6.07, 6.45) is 5.35. The Kier molecular flexibility index (Phi) is 5.33. The van der Waals surface area contributed by atoms with Crippen molar-refractivity contribution in [3.63, 3.8) is 0 Å². The molecule has 0 aliphatic rings. The van der Waals surface area contributed by atoms with Crippen LogP contribution in [0.15, 0.2) is 47.3 Å². The lowest BCUT2D eigenvalue weighted by Gasteiger charge is -2.07. The van der Waals surface area contributed by atoms with Gasteiger partial charge in [-0.1, -0.05) is 53.3 Å². The van der Waals surface area contributed by atoms with Crippen LogP contribution in [-0.4, -0.2) is 28.8 Å². The summed E-state index contributed by atoms with van der Waals surface area (Å²) in [5.74, 6) is 1.74. The fourth-order valence-electron chi connectivity index (χ4n) is 2.78. The molecular weight excluding hydrogens is 410 g/mol. The van der Waals surface area contributed by atoms with Gasteiger partial charge >= 0.3 is 0 Å². The van der Waals surface area contributed by atoms with Crippen LogP contribution in [-0.2, 0) is 0 Å². The Labute approximate surface area is 175 Å². The van der Waals surface area contributed by atoms with Crippen molar-refractivity contribution in [3.8, 4) is 11.5 Å². The normalized spacial score (nSPS) is 12.2. The summed E-state index contributed by atoms with van der Waals surface area (Å²) in [7, 11) is 3.18. The molecule has 0 saturated heterocycles. The number of ether oxygens (including phenoxy) is 2. The quantitative estimate of drug-likeness (QED) is 0.489. The smallest absolute Gasteiger partial charge is 0.291 e. The lowest BCUT2D eigenvalue weighted by molar-refractivity contribution is 0.355. The van der Waals surface area contributed by atoms with E-state index in [0.717, 1.165) is 11.1 Å². The third kappa shape index (κ3) is 3.87. The average Bonchev–Trinajstić information content (AvgIpc) is 3.26. The average molecular weight is 426 g/mol. The summed E-state index contributed by atoms with van der Waals surface area (Å²) in [6, 6.07) is 12.9. The molecule has 0 radical (unpaired) electrons. The summed E-state index contributed by atoms with van der Waals surface area (Å²) in [5, 5.41) is 4.88. The number of hydrogen-bond acceptors (Lipinski definition) is 6. The molecule has 2 aromatic carbocycles. The third-order valence-corrected chi connectivity index (χ3v) is 5.53. The SMILES string of the molecule is COc1ccc(/C=C/c2nc3s/c(=C\c4ccccc4Cl)c(=O)n3n2)cc1OC. The lowest BCUT2D eigenvalue weighted by atomic mass is 10.2. The molecule has 4 rings (SSSR count). The van der Waals surface area contributed by atoms with Crippen molar-refractivity contribution in [2.75, 3.05) is 14.2 Å². The van der Waals surface area contributed by atoms with Gasteiger partial charge in [0.05, 0.1) is 18.8 Å². The van der Waals surface area contributed by atoms with Crippen molar-refractivity contribution >= 4 is 46.1 Å². The Morgan fingerprint density at radius 3 is 2.59 bits per heavy atom. The number of hydrogen-bond donors (Lipinski definition) is 0. The maximum atomic E-state index is 12.6. The van der Waals surface area contributed by atoms with Gasteiger partial charge in [-0.25, -0.2) is 0 Å². The molecule has 4 aromatic rings. The highest BCUT2D eigenvalue weighted by molar-refractivity contribution is 7.15. The van der Waals surface area contributed by atoms with E-state index in [9.17, 15) is 4.79 Å². The van der Waals surface area contributed by atoms with Crippen molar-refractivity contribution < 1.29 is 9.47 Å². The van der Waals surface area contributed by atoms with Gasteiger partial charge in [0.2, 0.25) is 4.96 Å². The van der Waals surface area contributed by atoms with Gasteiger partial charge in [0, 0.05) is 5.02 Å². The summed E-state index contributed by atoms with van der Waals surface area (Å²) in [5.41, 5.74) is 1.46. The van der Waals surface area contributed by atoms with E-state index >= 15 is 0 Å². The molecule has 0 amide bonds. The van der Waals surface area contributed by atoms with Crippen LogP contribution in [0.4, 0.5) is 0 Å². The number of fused-ring (bicyclic) bond motifs is 1. The molecule has 0 saturated carbocycles. The lowest BCUT2D eigenvalue weighted by Crippen LogP contribution is -2.23. The van der Waals surface area contributed by atoms with Gasteiger partial charge in [-0.05, 0) is 41.5 Å². The molecule has 0 aliphatic carbocycles. The molecule has 0 spiro atoms. The number of methoxy groups -OCH3 is 2. The molecule has 0 unspecified atom stereocenters. The van der Waals surface area contributed by atoms with Gasteiger partial charge in [0.25, 0.3) is 5.56 Å². The van der Waals surface area contributed by atoms with Crippen molar-refractivity contribution in [1.82, 2.24) is 14.6 Å². The van der Waals surface area contributed by atoms with E-state index in [0.29, 0.717) is 31.8 Å². The first-order chi connectivity index (χ1) is 14.1. The van der Waals surface area contributed by atoms with E-state index < -0.39 is 0 Å². The monoisotopic (exact) mass is 425 g/mol. The Morgan fingerprint density at radius 1 is 1.07 bits per heavy atom. The second-order valence-corrected chi connectivity index (χ2v) is 7.47. The third-order valence-electron chi connectivity index (χ3n) is 4.22. The van der Waals surface area contributed by atoms with E-state index in [1.165, 1.54) is 15.9 Å². The molecule has 0 N–H and O–H groups in total. The van der Waals surface area contributed by atoms with Gasteiger partial charge < -0.3 is 9.47 Å². The van der Waals surface area contributed by atoms with Gasteiger partial charge in [0.15, 0.2) is 17.3 Å². The fraction of sp³-hybridized carbons (Fsp3) is 0.0952. The predicted molar refractivity (Wildman–Crippen MR) is 116 cm³/mol. The van der Waals surface area contributed by atoms with Crippen LogP contribution in [0.25, 0.3) is 23.2 Å². The van der Waals surface area contributed by atoms with E-state index in [4.69, 9.17) is 21.1 Å². The van der Waals surface area contributed by atoms with Crippen LogP contribution < -0.4 is 19.6 Å². The van der Waals surface area contributed by atoms with Gasteiger partial charge in [-0.3, -0.25) is 4.79 Å². The molecule has 2 aromatic heterocycles. The van der Waals surface area contributed by atoms with Crippen LogP contribution in [0, 0.1) is 0 Å². The molecule has 0 bridgehead atoms. The fourth-order valence-corrected chi connectivity index (χ4v) is 3.88. The predicted octanol–water partition coefficient (Wildman–Crippen LogP) is 3.54. The highest BCUT2D eigenvalue weighted by Crippen LogP contribution is 2.28. The zero-order valence-electron chi connectivity index (χ0n) is 15.6. The highest BCUT2D eigenvalue weighted by Gasteiger charge is 2.09. The first kappa shape index (κ1) is 19.2. The number of halogens is 1. The standard InChI is InChI=1S/C21H16ClN3O3S/c1-27-16-9-7-13(11-17(16)28-2)8-10-19-23-21-25(24-19)20(26)18(29-21)12-14-5-3-4-6-15(14)22/h3-12H,1-2H3/b10-8+,18-12-. The van der Waals surface area contributed by atoms with E-state index in [1.54, 1.807) is 32.4 Å². The van der Waals surface area contributed by atoms with Crippen molar-refractivity contribution in [2.24, 2.45) is 0 Å². The van der Waals surface area contributed by atoms with Gasteiger partial charge in [-0.15, -0.1) is 5.10 Å². The van der Waals surface area contributed by atoms with E-state index in [1.807, 2.05) is 42.5 Å². The number of thiazole rings is 1. The van der Waals surface area contributed by atoms with Crippen LogP contribution in [0.2, 0.25) is 5.02 Å². The summed E-state index contributed by atoms with van der Waals surface area (Å²) < 4.78 is 12.4. The molecular formula is C21H16ClN3O3S. The second kappa shape index (κ2) is 8.06. The molecule has 29 heavy (non-hydrogen) atoms. The van der Waals surface area contributed by atoms with Crippen molar-refractivity contribution in [1.29, 1.82) is 0 Å². The molecule has 0 atom stereocenters. The van der Waals surface area contributed by atoms with Crippen LogP contribution in [0.1, 0.15) is 17.0 Å². The molecule has 146 valence electrons. The first-order valence-electron chi connectivity index (χ1n) is 8.65. The minimum absolute atomic E-state index is 0.219. The number of aromatic nitrogens is 3.